The zero-order valence-corrected chi connectivity index (χ0v) is 13.9. The van der Waals surface area contributed by atoms with Gasteiger partial charge < -0.3 is 10.6 Å². The molecule has 1 amide bonds. The summed E-state index contributed by atoms with van der Waals surface area (Å²) in [7, 11) is 0. The molecule has 0 radical (unpaired) electrons. The van der Waals surface area contributed by atoms with E-state index in [4.69, 9.17) is 5.73 Å². The molecule has 0 aromatic carbocycles. The summed E-state index contributed by atoms with van der Waals surface area (Å²) in [5.74, 6) is 0.359. The van der Waals surface area contributed by atoms with E-state index in [1.807, 2.05) is 0 Å². The van der Waals surface area contributed by atoms with Crippen LogP contribution in [0, 0.1) is 0 Å². The van der Waals surface area contributed by atoms with Gasteiger partial charge in [-0.1, -0.05) is 12.8 Å². The van der Waals surface area contributed by atoms with Crippen molar-refractivity contribution in [3.8, 4) is 0 Å². The Bertz CT molecular complexity index is 267. The molecule has 1 saturated carbocycles. The third-order valence-electron chi connectivity index (χ3n) is 4.08. The monoisotopic (exact) mass is 325 g/mol. The Morgan fingerprint density at radius 2 is 1.55 bits per heavy atom. The Balaban J connectivity index is 0.00000180. The van der Waals surface area contributed by atoms with Crippen LogP contribution in [0.1, 0.15) is 44.9 Å². The van der Waals surface area contributed by atoms with E-state index < -0.39 is 0 Å². The van der Waals surface area contributed by atoms with Gasteiger partial charge >= 0.3 is 0 Å². The number of unbranched alkanes of at least 4 members (excludes halogenated alkanes) is 3. The third-order valence-corrected chi connectivity index (χ3v) is 4.08. The van der Waals surface area contributed by atoms with Gasteiger partial charge in [-0.2, -0.15) is 0 Å². The van der Waals surface area contributed by atoms with E-state index in [9.17, 15) is 4.79 Å². The topological polar surface area (TPSA) is 49.6 Å². The molecule has 2 fully saturated rings. The van der Waals surface area contributed by atoms with E-state index in [-0.39, 0.29) is 24.8 Å². The third kappa shape index (κ3) is 6.61. The zero-order chi connectivity index (χ0) is 12.8. The minimum Gasteiger partial charge on any atom is -0.340 e. The van der Waals surface area contributed by atoms with Crippen molar-refractivity contribution in [1.29, 1.82) is 0 Å². The van der Waals surface area contributed by atoms with Crippen LogP contribution < -0.4 is 5.73 Å². The van der Waals surface area contributed by atoms with Gasteiger partial charge in [0.15, 0.2) is 0 Å². The predicted octanol–water partition coefficient (Wildman–Crippen LogP) is 2.05. The van der Waals surface area contributed by atoms with Crippen molar-refractivity contribution in [2.24, 2.45) is 5.73 Å². The maximum Gasteiger partial charge on any atom is 0.222 e. The van der Waals surface area contributed by atoms with Gasteiger partial charge in [-0.15, -0.1) is 24.8 Å². The SMILES string of the molecule is Cl.Cl.NCCCCCCC(=O)N1CCN(C2CC2)CC1. The summed E-state index contributed by atoms with van der Waals surface area (Å²) >= 11 is 0. The van der Waals surface area contributed by atoms with Crippen molar-refractivity contribution in [2.45, 2.75) is 51.0 Å². The maximum atomic E-state index is 12.0. The predicted molar refractivity (Wildman–Crippen MR) is 87.8 cm³/mol. The Hall–Kier alpha value is -0.0300. The average Bonchev–Trinajstić information content (AvgIpc) is 3.23. The van der Waals surface area contributed by atoms with E-state index in [2.05, 4.69) is 9.80 Å². The molecule has 1 aliphatic heterocycles. The van der Waals surface area contributed by atoms with E-state index >= 15 is 0 Å². The van der Waals surface area contributed by atoms with E-state index in [0.29, 0.717) is 5.91 Å². The fourth-order valence-corrected chi connectivity index (χ4v) is 2.71. The van der Waals surface area contributed by atoms with Gasteiger partial charge in [-0.05, 0) is 32.2 Å². The number of piperazine rings is 1. The lowest BCUT2D eigenvalue weighted by Crippen LogP contribution is -2.49. The van der Waals surface area contributed by atoms with E-state index in [1.165, 1.54) is 19.3 Å². The number of rotatable bonds is 7. The summed E-state index contributed by atoms with van der Waals surface area (Å²) in [5, 5.41) is 0. The first kappa shape index (κ1) is 20.0. The molecule has 4 nitrogen and oxygen atoms in total. The molecule has 1 aliphatic carbocycles. The highest BCUT2D eigenvalue weighted by molar-refractivity contribution is 5.85. The Morgan fingerprint density at radius 3 is 2.10 bits per heavy atom. The molecule has 1 saturated heterocycles. The summed E-state index contributed by atoms with van der Waals surface area (Å²) < 4.78 is 0. The standard InChI is InChI=1S/C14H27N3O.2ClH/c15-8-4-2-1-3-5-14(18)17-11-9-16(10-12-17)13-6-7-13;;/h13H,1-12,15H2;2*1H. The summed E-state index contributed by atoms with van der Waals surface area (Å²) in [4.78, 5) is 16.6. The van der Waals surface area contributed by atoms with Crippen LogP contribution in [-0.4, -0.2) is 54.5 Å². The molecule has 6 heteroatoms. The summed E-state index contributed by atoms with van der Waals surface area (Å²) in [6.45, 7) is 4.83. The minimum absolute atomic E-state index is 0. The lowest BCUT2D eigenvalue weighted by molar-refractivity contribution is -0.133. The molecule has 120 valence electrons. The smallest absolute Gasteiger partial charge is 0.222 e. The lowest BCUT2D eigenvalue weighted by Gasteiger charge is -2.34. The molecule has 1 heterocycles. The molecule has 2 N–H and O–H groups in total. The Labute approximate surface area is 135 Å². The fourth-order valence-electron chi connectivity index (χ4n) is 2.71. The van der Waals surface area contributed by atoms with Crippen LogP contribution in [0.3, 0.4) is 0 Å². The Kier molecular flexibility index (Phi) is 10.6. The number of hydrogen-bond donors (Lipinski definition) is 1. The highest BCUT2D eigenvalue weighted by Crippen LogP contribution is 2.27. The minimum atomic E-state index is 0. The number of nitrogens with two attached hydrogens (primary N) is 1. The molecule has 0 aromatic rings. The molecule has 2 rings (SSSR count). The van der Waals surface area contributed by atoms with Crippen LogP contribution >= 0.6 is 24.8 Å². The van der Waals surface area contributed by atoms with Gasteiger partial charge in [0.25, 0.3) is 0 Å². The van der Waals surface area contributed by atoms with Crippen LogP contribution in [0.4, 0.5) is 0 Å². The quantitative estimate of drug-likeness (QED) is 0.729. The molecule has 0 unspecified atom stereocenters. The second kappa shape index (κ2) is 10.7. The largest absolute Gasteiger partial charge is 0.340 e. The van der Waals surface area contributed by atoms with Crippen molar-refractivity contribution in [3.05, 3.63) is 0 Å². The molecule has 0 bridgehead atoms. The average molecular weight is 326 g/mol. The van der Waals surface area contributed by atoms with Crippen molar-refractivity contribution >= 4 is 30.7 Å². The molecule has 20 heavy (non-hydrogen) atoms. The van der Waals surface area contributed by atoms with Gasteiger partial charge in [-0.3, -0.25) is 9.69 Å². The maximum absolute atomic E-state index is 12.0. The van der Waals surface area contributed by atoms with Crippen LogP contribution in [0.15, 0.2) is 0 Å². The van der Waals surface area contributed by atoms with Gasteiger partial charge in [0.1, 0.15) is 0 Å². The number of nitrogens with zero attached hydrogens (tertiary/aromatic N) is 2. The summed E-state index contributed by atoms with van der Waals surface area (Å²) in [6, 6.07) is 0.846. The van der Waals surface area contributed by atoms with Gasteiger partial charge in [0.05, 0.1) is 0 Å². The van der Waals surface area contributed by atoms with Crippen LogP contribution in [0.25, 0.3) is 0 Å². The van der Waals surface area contributed by atoms with E-state index in [1.54, 1.807) is 0 Å². The van der Waals surface area contributed by atoms with Crippen molar-refractivity contribution in [2.75, 3.05) is 32.7 Å². The highest BCUT2D eigenvalue weighted by Gasteiger charge is 2.31. The first-order chi connectivity index (χ1) is 8.81. The number of halogens is 2. The lowest BCUT2D eigenvalue weighted by atomic mass is 10.1. The second-order valence-electron chi connectivity index (χ2n) is 5.60. The molecule has 0 atom stereocenters. The van der Waals surface area contributed by atoms with Gasteiger partial charge in [0.2, 0.25) is 5.91 Å². The molecular weight excluding hydrogens is 297 g/mol. The normalized spacial score (nSPS) is 19.1. The van der Waals surface area contributed by atoms with Crippen molar-refractivity contribution < 1.29 is 4.79 Å². The first-order valence-electron chi connectivity index (χ1n) is 7.53. The van der Waals surface area contributed by atoms with Crippen LogP contribution in [-0.2, 0) is 4.79 Å². The molecule has 0 aromatic heterocycles. The van der Waals surface area contributed by atoms with Crippen LogP contribution in [0.5, 0.6) is 0 Å². The number of hydrogen-bond acceptors (Lipinski definition) is 3. The molecular formula is C14H29Cl2N3O. The van der Waals surface area contributed by atoms with Crippen LogP contribution in [0.2, 0.25) is 0 Å². The first-order valence-corrected chi connectivity index (χ1v) is 7.53. The van der Waals surface area contributed by atoms with Gasteiger partial charge in [0, 0.05) is 38.6 Å². The highest BCUT2D eigenvalue weighted by atomic mass is 35.5. The summed E-state index contributed by atoms with van der Waals surface area (Å²) in [5.41, 5.74) is 5.45. The zero-order valence-electron chi connectivity index (χ0n) is 12.3. The number of carbonyl (C=O) groups is 1. The molecule has 0 spiro atoms. The summed E-state index contributed by atoms with van der Waals surface area (Å²) in [6.07, 6.45) is 7.90. The van der Waals surface area contributed by atoms with E-state index in [0.717, 1.165) is 64.4 Å². The Morgan fingerprint density at radius 1 is 0.950 bits per heavy atom. The van der Waals surface area contributed by atoms with Gasteiger partial charge in [-0.25, -0.2) is 0 Å². The molecule has 2 aliphatic rings. The van der Waals surface area contributed by atoms with Crippen molar-refractivity contribution in [3.63, 3.8) is 0 Å². The van der Waals surface area contributed by atoms with Crippen molar-refractivity contribution in [1.82, 2.24) is 9.80 Å². The fraction of sp³-hybridized carbons (Fsp3) is 0.929. The number of amides is 1. The number of carbonyl (C=O) groups excluding carboxylic acids is 1. The second-order valence-corrected chi connectivity index (χ2v) is 5.60.